The minimum atomic E-state index is -0.866. The number of rotatable bonds is 5. The molecular weight excluding hydrogens is 228 g/mol. The largest absolute Gasteiger partial charge is 0.488 e. The van der Waals surface area contributed by atoms with Crippen molar-refractivity contribution in [3.05, 3.63) is 28.8 Å². The van der Waals surface area contributed by atoms with Gasteiger partial charge in [-0.15, -0.1) is 0 Å². The Morgan fingerprint density at radius 3 is 2.75 bits per heavy atom. The van der Waals surface area contributed by atoms with Gasteiger partial charge in [-0.05, 0) is 31.0 Å². The summed E-state index contributed by atoms with van der Waals surface area (Å²) >= 11 is 5.99. The van der Waals surface area contributed by atoms with Crippen LogP contribution in [0.25, 0.3) is 0 Å². The number of carbonyl (C=O) groups is 1. The Bertz CT molecular complexity index is 377. The third-order valence-electron chi connectivity index (χ3n) is 2.24. The molecule has 1 unspecified atom stereocenters. The monoisotopic (exact) mass is 242 g/mol. The number of ether oxygens (including phenoxy) is 1. The van der Waals surface area contributed by atoms with Crippen molar-refractivity contribution in [3.63, 3.8) is 0 Å². The summed E-state index contributed by atoms with van der Waals surface area (Å²) in [7, 11) is 0. The van der Waals surface area contributed by atoms with Crippen LogP contribution in [0.4, 0.5) is 0 Å². The summed E-state index contributed by atoms with van der Waals surface area (Å²) < 4.78 is 5.55. The van der Waals surface area contributed by atoms with Crippen LogP contribution in [-0.2, 0) is 4.79 Å². The van der Waals surface area contributed by atoms with Gasteiger partial charge in [0.15, 0.2) is 0 Å². The van der Waals surface area contributed by atoms with Crippen LogP contribution in [0.15, 0.2) is 18.2 Å². The zero-order chi connectivity index (χ0) is 12.1. The molecule has 0 spiro atoms. The molecule has 1 rings (SSSR count). The molecule has 0 amide bonds. The van der Waals surface area contributed by atoms with Gasteiger partial charge in [-0.3, -0.25) is 4.79 Å². The Morgan fingerprint density at radius 2 is 2.25 bits per heavy atom. The molecular formula is C12H15ClO3. The Hall–Kier alpha value is -1.22. The topological polar surface area (TPSA) is 46.5 Å². The molecule has 0 saturated heterocycles. The highest BCUT2D eigenvalue weighted by Gasteiger charge is 2.14. The van der Waals surface area contributed by atoms with Crippen molar-refractivity contribution < 1.29 is 14.6 Å². The summed E-state index contributed by atoms with van der Waals surface area (Å²) in [5.41, 5.74) is 1.05. The second-order valence-electron chi connectivity index (χ2n) is 3.68. The first kappa shape index (κ1) is 12.8. The van der Waals surface area contributed by atoms with Gasteiger partial charge < -0.3 is 9.84 Å². The number of aryl methyl sites for hydroxylation is 1. The lowest BCUT2D eigenvalue weighted by molar-refractivity contribution is -0.138. The lowest BCUT2D eigenvalue weighted by Crippen LogP contribution is -2.19. The standard InChI is InChI=1S/C12H15ClO3/c1-3-9(7-12(14)15)16-11-5-4-8(2)6-10(11)13/h4-6,9H,3,7H2,1-2H3,(H,14,15). The van der Waals surface area contributed by atoms with E-state index in [-0.39, 0.29) is 12.5 Å². The van der Waals surface area contributed by atoms with E-state index in [1.54, 1.807) is 12.1 Å². The second-order valence-corrected chi connectivity index (χ2v) is 4.09. The summed E-state index contributed by atoms with van der Waals surface area (Å²) in [4.78, 5) is 10.6. The lowest BCUT2D eigenvalue weighted by atomic mass is 10.2. The quantitative estimate of drug-likeness (QED) is 0.862. The van der Waals surface area contributed by atoms with E-state index in [0.717, 1.165) is 5.56 Å². The molecule has 0 fully saturated rings. The summed E-state index contributed by atoms with van der Waals surface area (Å²) in [6, 6.07) is 5.45. The van der Waals surface area contributed by atoms with Gasteiger partial charge in [-0.1, -0.05) is 24.6 Å². The lowest BCUT2D eigenvalue weighted by Gasteiger charge is -2.16. The van der Waals surface area contributed by atoms with E-state index in [2.05, 4.69) is 0 Å². The molecule has 1 aromatic carbocycles. The van der Waals surface area contributed by atoms with Gasteiger partial charge in [0.1, 0.15) is 11.9 Å². The van der Waals surface area contributed by atoms with Crippen LogP contribution in [0, 0.1) is 6.92 Å². The van der Waals surface area contributed by atoms with Crippen LogP contribution in [-0.4, -0.2) is 17.2 Å². The van der Waals surface area contributed by atoms with E-state index in [1.807, 2.05) is 19.9 Å². The summed E-state index contributed by atoms with van der Waals surface area (Å²) in [6.45, 7) is 3.82. The van der Waals surface area contributed by atoms with E-state index in [4.69, 9.17) is 21.4 Å². The highest BCUT2D eigenvalue weighted by Crippen LogP contribution is 2.27. The van der Waals surface area contributed by atoms with E-state index in [0.29, 0.717) is 17.2 Å². The fourth-order valence-electron chi connectivity index (χ4n) is 1.35. The molecule has 4 heteroatoms. The first-order chi connectivity index (χ1) is 7.52. The molecule has 3 nitrogen and oxygen atoms in total. The van der Waals surface area contributed by atoms with Crippen molar-refractivity contribution in [2.75, 3.05) is 0 Å². The SMILES string of the molecule is CCC(CC(=O)O)Oc1ccc(C)cc1Cl. The predicted octanol–water partition coefficient (Wildman–Crippen LogP) is 3.28. The number of carboxylic acid groups (broad SMARTS) is 1. The highest BCUT2D eigenvalue weighted by atomic mass is 35.5. The number of halogens is 1. The average Bonchev–Trinajstić information content (AvgIpc) is 2.20. The average molecular weight is 243 g/mol. The first-order valence-corrected chi connectivity index (χ1v) is 5.55. The number of hydrogen-bond acceptors (Lipinski definition) is 2. The molecule has 0 aromatic heterocycles. The van der Waals surface area contributed by atoms with Gasteiger partial charge in [0, 0.05) is 0 Å². The Kier molecular flexibility index (Phi) is 4.62. The molecule has 0 heterocycles. The summed E-state index contributed by atoms with van der Waals surface area (Å²) in [6.07, 6.45) is 0.287. The Labute approximate surface area is 100.0 Å². The van der Waals surface area contributed by atoms with Gasteiger partial charge in [0.25, 0.3) is 0 Å². The molecule has 0 radical (unpaired) electrons. The van der Waals surface area contributed by atoms with E-state index in [9.17, 15) is 4.79 Å². The van der Waals surface area contributed by atoms with Crippen LogP contribution in [0.1, 0.15) is 25.3 Å². The molecule has 16 heavy (non-hydrogen) atoms. The fourth-order valence-corrected chi connectivity index (χ4v) is 1.62. The number of benzene rings is 1. The maximum absolute atomic E-state index is 10.6. The third-order valence-corrected chi connectivity index (χ3v) is 2.53. The van der Waals surface area contributed by atoms with Crippen molar-refractivity contribution in [2.45, 2.75) is 32.8 Å². The van der Waals surface area contributed by atoms with Crippen LogP contribution in [0.2, 0.25) is 5.02 Å². The maximum Gasteiger partial charge on any atom is 0.307 e. The molecule has 0 bridgehead atoms. The minimum absolute atomic E-state index is 0.0132. The summed E-state index contributed by atoms with van der Waals surface area (Å²) in [5.74, 6) is -0.324. The first-order valence-electron chi connectivity index (χ1n) is 5.17. The Morgan fingerprint density at radius 1 is 1.56 bits per heavy atom. The summed E-state index contributed by atoms with van der Waals surface area (Å²) in [5, 5.41) is 9.21. The van der Waals surface area contributed by atoms with Gasteiger partial charge in [-0.25, -0.2) is 0 Å². The van der Waals surface area contributed by atoms with Crippen LogP contribution >= 0.6 is 11.6 Å². The normalized spacial score (nSPS) is 12.2. The van der Waals surface area contributed by atoms with Crippen molar-refractivity contribution in [1.82, 2.24) is 0 Å². The molecule has 88 valence electrons. The maximum atomic E-state index is 10.6. The molecule has 1 atom stereocenters. The van der Waals surface area contributed by atoms with Gasteiger partial charge in [-0.2, -0.15) is 0 Å². The molecule has 1 aromatic rings. The van der Waals surface area contributed by atoms with Crippen molar-refractivity contribution in [1.29, 1.82) is 0 Å². The molecule has 0 aliphatic carbocycles. The highest BCUT2D eigenvalue weighted by molar-refractivity contribution is 6.32. The number of aliphatic carboxylic acids is 1. The zero-order valence-corrected chi connectivity index (χ0v) is 10.1. The van der Waals surface area contributed by atoms with Crippen LogP contribution < -0.4 is 4.74 Å². The van der Waals surface area contributed by atoms with Gasteiger partial charge >= 0.3 is 5.97 Å². The molecule has 1 N–H and O–H groups in total. The van der Waals surface area contributed by atoms with E-state index in [1.165, 1.54) is 0 Å². The number of carboxylic acids is 1. The van der Waals surface area contributed by atoms with Crippen molar-refractivity contribution in [3.8, 4) is 5.75 Å². The minimum Gasteiger partial charge on any atom is -0.488 e. The molecule has 0 aliphatic heterocycles. The second kappa shape index (κ2) is 5.75. The third kappa shape index (κ3) is 3.74. The van der Waals surface area contributed by atoms with E-state index < -0.39 is 5.97 Å². The molecule has 0 aliphatic rings. The molecule has 0 saturated carbocycles. The van der Waals surface area contributed by atoms with Gasteiger partial charge in [0.05, 0.1) is 11.4 Å². The van der Waals surface area contributed by atoms with E-state index >= 15 is 0 Å². The fraction of sp³-hybridized carbons (Fsp3) is 0.417. The van der Waals surface area contributed by atoms with Crippen molar-refractivity contribution in [2.24, 2.45) is 0 Å². The smallest absolute Gasteiger partial charge is 0.307 e. The zero-order valence-electron chi connectivity index (χ0n) is 9.37. The van der Waals surface area contributed by atoms with Crippen LogP contribution in [0.5, 0.6) is 5.75 Å². The van der Waals surface area contributed by atoms with Crippen LogP contribution in [0.3, 0.4) is 0 Å². The Balaban J connectivity index is 2.73. The van der Waals surface area contributed by atoms with Crippen molar-refractivity contribution >= 4 is 17.6 Å². The number of hydrogen-bond donors (Lipinski definition) is 1. The predicted molar refractivity (Wildman–Crippen MR) is 63.1 cm³/mol. The van der Waals surface area contributed by atoms with Gasteiger partial charge in [0.2, 0.25) is 0 Å².